The highest BCUT2D eigenvalue weighted by Gasteiger charge is 2.23. The molecule has 0 saturated heterocycles. The Morgan fingerprint density at radius 2 is 1.47 bits per heavy atom. The molecular weight excluding hydrogens is 426 g/mol. The zero-order valence-corrected chi connectivity index (χ0v) is 19.8. The van der Waals surface area contributed by atoms with Gasteiger partial charge in [0, 0.05) is 17.7 Å². The first-order chi connectivity index (χ1) is 15.2. The highest BCUT2D eigenvalue weighted by molar-refractivity contribution is 5.85. The Bertz CT molecular complexity index is 1050. The largest absolute Gasteiger partial charge is 0.497 e. The number of methoxy groups -OCH3 is 4. The normalized spacial score (nSPS) is 14.7. The fourth-order valence-corrected chi connectivity index (χ4v) is 4.24. The molecule has 1 heterocycles. The summed E-state index contributed by atoms with van der Waals surface area (Å²) in [6.07, 6.45) is 1.89. The van der Waals surface area contributed by atoms with Gasteiger partial charge in [-0.25, -0.2) is 0 Å². The van der Waals surface area contributed by atoms with E-state index >= 15 is 0 Å². The van der Waals surface area contributed by atoms with E-state index in [1.807, 2.05) is 18.2 Å². The van der Waals surface area contributed by atoms with Crippen LogP contribution in [0, 0.1) is 0 Å². The van der Waals surface area contributed by atoms with Crippen LogP contribution in [0.1, 0.15) is 22.7 Å². The number of ether oxygens (including phenoxy) is 4. The van der Waals surface area contributed by atoms with Gasteiger partial charge in [0.15, 0.2) is 11.5 Å². The molecule has 0 radical (unpaired) electrons. The van der Waals surface area contributed by atoms with Crippen molar-refractivity contribution < 1.29 is 18.9 Å². The average molecular weight is 456 g/mol. The number of benzene rings is 3. The molecule has 1 aliphatic heterocycles. The third-order valence-corrected chi connectivity index (χ3v) is 5.92. The van der Waals surface area contributed by atoms with Crippen LogP contribution in [-0.4, -0.2) is 35.0 Å². The van der Waals surface area contributed by atoms with Crippen LogP contribution in [0.4, 0.5) is 0 Å². The molecule has 1 N–H and O–H groups in total. The van der Waals surface area contributed by atoms with Gasteiger partial charge in [0.2, 0.25) is 0 Å². The topological polar surface area (TPSA) is 49.0 Å². The first-order valence-electron chi connectivity index (χ1n) is 10.5. The van der Waals surface area contributed by atoms with E-state index in [9.17, 15) is 0 Å². The first-order valence-corrected chi connectivity index (χ1v) is 10.5. The second kappa shape index (κ2) is 10.6. The zero-order valence-electron chi connectivity index (χ0n) is 18.9. The number of rotatable bonds is 7. The van der Waals surface area contributed by atoms with E-state index < -0.39 is 0 Å². The summed E-state index contributed by atoms with van der Waals surface area (Å²) >= 11 is 0. The molecule has 1 atom stereocenters. The molecular formula is C26H30ClNO4. The number of fused-ring (bicyclic) bond motifs is 1. The van der Waals surface area contributed by atoms with E-state index in [4.69, 9.17) is 18.9 Å². The molecule has 0 bridgehead atoms. The highest BCUT2D eigenvalue weighted by Crippen LogP contribution is 2.37. The first kappa shape index (κ1) is 23.8. The molecule has 0 aromatic heterocycles. The quantitative estimate of drug-likeness (QED) is 0.528. The van der Waals surface area contributed by atoms with Crippen LogP contribution < -0.4 is 24.3 Å². The second-order valence-corrected chi connectivity index (χ2v) is 7.63. The molecule has 3 aromatic rings. The van der Waals surface area contributed by atoms with Gasteiger partial charge in [-0.05, 0) is 65.9 Å². The number of hydrogen-bond acceptors (Lipinski definition) is 5. The van der Waals surface area contributed by atoms with Crippen molar-refractivity contribution in [3.8, 4) is 34.1 Å². The lowest BCUT2D eigenvalue weighted by Gasteiger charge is -2.28. The standard InChI is InChI=1S/C26H29NO4.ClH/c1-28-20-9-10-21(24(15-20)29-2)18-7-5-17(6-8-18)13-23-22-16-26(31-4)25(30-3)14-19(22)11-12-27-23;/h5-10,14-16,23,27H,11-13H2,1-4H3;1H. The maximum Gasteiger partial charge on any atom is 0.161 e. The van der Waals surface area contributed by atoms with Crippen molar-refractivity contribution in [1.82, 2.24) is 5.32 Å². The van der Waals surface area contributed by atoms with E-state index in [0.717, 1.165) is 53.5 Å². The maximum atomic E-state index is 5.56. The van der Waals surface area contributed by atoms with E-state index in [2.05, 4.69) is 41.7 Å². The van der Waals surface area contributed by atoms with Crippen molar-refractivity contribution in [3.05, 3.63) is 71.3 Å². The van der Waals surface area contributed by atoms with Crippen LogP contribution >= 0.6 is 12.4 Å². The van der Waals surface area contributed by atoms with Crippen LogP contribution in [0.3, 0.4) is 0 Å². The van der Waals surface area contributed by atoms with Gasteiger partial charge in [0.1, 0.15) is 11.5 Å². The molecule has 0 saturated carbocycles. The van der Waals surface area contributed by atoms with Crippen molar-refractivity contribution in [2.24, 2.45) is 0 Å². The fraction of sp³-hybridized carbons (Fsp3) is 0.308. The number of halogens is 1. The molecule has 1 unspecified atom stereocenters. The summed E-state index contributed by atoms with van der Waals surface area (Å²) in [5.74, 6) is 3.15. The molecule has 3 aromatic carbocycles. The van der Waals surface area contributed by atoms with Gasteiger partial charge in [0.25, 0.3) is 0 Å². The Kier molecular flexibility index (Phi) is 7.89. The van der Waals surface area contributed by atoms with Gasteiger partial charge in [0.05, 0.1) is 28.4 Å². The molecule has 170 valence electrons. The predicted octanol–water partition coefficient (Wildman–Crippen LogP) is 5.24. The van der Waals surface area contributed by atoms with Crippen LogP contribution in [0.2, 0.25) is 0 Å². The van der Waals surface area contributed by atoms with Gasteiger partial charge in [-0.3, -0.25) is 0 Å². The smallest absolute Gasteiger partial charge is 0.161 e. The van der Waals surface area contributed by atoms with Crippen molar-refractivity contribution >= 4 is 12.4 Å². The summed E-state index contributed by atoms with van der Waals surface area (Å²) in [5, 5.41) is 3.66. The molecule has 0 aliphatic carbocycles. The molecule has 32 heavy (non-hydrogen) atoms. The lowest BCUT2D eigenvalue weighted by molar-refractivity contribution is 0.352. The van der Waals surface area contributed by atoms with Crippen LogP contribution in [0.5, 0.6) is 23.0 Å². The third-order valence-electron chi connectivity index (χ3n) is 5.92. The Labute approximate surface area is 196 Å². The van der Waals surface area contributed by atoms with Crippen LogP contribution in [0.15, 0.2) is 54.6 Å². The summed E-state index contributed by atoms with van der Waals surface area (Å²) in [6.45, 7) is 0.953. The van der Waals surface area contributed by atoms with Crippen LogP contribution in [0.25, 0.3) is 11.1 Å². The van der Waals surface area contributed by atoms with E-state index in [-0.39, 0.29) is 18.4 Å². The summed E-state index contributed by atoms with van der Waals surface area (Å²) in [7, 11) is 6.71. The maximum absolute atomic E-state index is 5.56. The van der Waals surface area contributed by atoms with Gasteiger partial charge in [-0.1, -0.05) is 24.3 Å². The minimum absolute atomic E-state index is 0. The Hall–Kier alpha value is -2.89. The average Bonchev–Trinajstić information content (AvgIpc) is 2.83. The van der Waals surface area contributed by atoms with Crippen LogP contribution in [-0.2, 0) is 12.8 Å². The van der Waals surface area contributed by atoms with Crippen molar-refractivity contribution in [2.45, 2.75) is 18.9 Å². The molecule has 4 rings (SSSR count). The van der Waals surface area contributed by atoms with Gasteiger partial charge in [-0.2, -0.15) is 0 Å². The molecule has 0 fully saturated rings. The summed E-state index contributed by atoms with van der Waals surface area (Å²) in [5.41, 5.74) is 6.04. The second-order valence-electron chi connectivity index (χ2n) is 7.63. The fourth-order valence-electron chi connectivity index (χ4n) is 4.24. The predicted molar refractivity (Wildman–Crippen MR) is 130 cm³/mol. The molecule has 0 amide bonds. The molecule has 6 heteroatoms. The lowest BCUT2D eigenvalue weighted by Crippen LogP contribution is -2.31. The minimum atomic E-state index is 0. The van der Waals surface area contributed by atoms with Gasteiger partial charge in [-0.15, -0.1) is 12.4 Å². The summed E-state index contributed by atoms with van der Waals surface area (Å²) in [6, 6.07) is 19.0. The molecule has 0 spiro atoms. The summed E-state index contributed by atoms with van der Waals surface area (Å²) in [4.78, 5) is 0. The van der Waals surface area contributed by atoms with Crippen molar-refractivity contribution in [2.75, 3.05) is 35.0 Å². The SMILES string of the molecule is COc1ccc(-c2ccc(CC3NCCc4cc(OC)c(OC)cc43)cc2)c(OC)c1.Cl. The van der Waals surface area contributed by atoms with E-state index in [1.54, 1.807) is 28.4 Å². The Balaban J connectivity index is 0.00000289. The van der Waals surface area contributed by atoms with Crippen molar-refractivity contribution in [3.63, 3.8) is 0 Å². The Morgan fingerprint density at radius 3 is 2.12 bits per heavy atom. The molecule has 1 aliphatic rings. The van der Waals surface area contributed by atoms with Gasteiger partial charge >= 0.3 is 0 Å². The third kappa shape index (κ3) is 4.79. The van der Waals surface area contributed by atoms with Crippen molar-refractivity contribution in [1.29, 1.82) is 0 Å². The van der Waals surface area contributed by atoms with E-state index in [0.29, 0.717) is 0 Å². The summed E-state index contributed by atoms with van der Waals surface area (Å²) < 4.78 is 21.9. The number of hydrogen-bond donors (Lipinski definition) is 1. The molecule has 5 nitrogen and oxygen atoms in total. The zero-order chi connectivity index (χ0) is 21.8. The lowest BCUT2D eigenvalue weighted by atomic mass is 9.89. The van der Waals surface area contributed by atoms with E-state index in [1.165, 1.54) is 16.7 Å². The van der Waals surface area contributed by atoms with Gasteiger partial charge < -0.3 is 24.3 Å². The number of nitrogens with one attached hydrogen (secondary N) is 1. The minimum Gasteiger partial charge on any atom is -0.497 e. The Morgan fingerprint density at radius 1 is 0.781 bits per heavy atom. The monoisotopic (exact) mass is 455 g/mol. The highest BCUT2D eigenvalue weighted by atomic mass is 35.5.